The zero-order valence-electron chi connectivity index (χ0n) is 16.1. The summed E-state index contributed by atoms with van der Waals surface area (Å²) in [7, 11) is 0. The minimum atomic E-state index is -0.397. The van der Waals surface area contributed by atoms with Crippen molar-refractivity contribution in [3.63, 3.8) is 0 Å². The molecule has 2 aromatic rings. The number of carbonyl (C=O) groups excluding carboxylic acids is 2. The van der Waals surface area contributed by atoms with Crippen LogP contribution >= 0.6 is 11.6 Å². The third-order valence-corrected chi connectivity index (χ3v) is 5.62. The Morgan fingerprint density at radius 3 is 2.83 bits per heavy atom. The fourth-order valence-electron chi connectivity index (χ4n) is 3.77. The van der Waals surface area contributed by atoms with Gasteiger partial charge in [0, 0.05) is 23.2 Å². The summed E-state index contributed by atoms with van der Waals surface area (Å²) in [5, 5.41) is 3.06. The monoisotopic (exact) mass is 415 g/mol. The molecule has 0 aliphatic carbocycles. The van der Waals surface area contributed by atoms with E-state index in [-0.39, 0.29) is 18.1 Å². The smallest absolute Gasteiger partial charge is 0.270 e. The minimum absolute atomic E-state index is 0.0345. The molecule has 7 nitrogen and oxygen atoms in total. The van der Waals surface area contributed by atoms with Crippen LogP contribution in [0.25, 0.3) is 0 Å². The third kappa shape index (κ3) is 4.86. The molecule has 4 rings (SSSR count). The summed E-state index contributed by atoms with van der Waals surface area (Å²) in [6.07, 6.45) is 2.45. The second-order valence-electron chi connectivity index (χ2n) is 7.39. The van der Waals surface area contributed by atoms with Crippen LogP contribution in [0.4, 0.5) is 0 Å². The number of hydrogen-bond acceptors (Lipinski definition) is 4. The molecule has 1 aromatic heterocycles. The normalized spacial score (nSPS) is 16.2. The first-order valence-electron chi connectivity index (χ1n) is 9.84. The lowest BCUT2D eigenvalue weighted by Gasteiger charge is -2.32. The first-order chi connectivity index (χ1) is 14.1. The van der Waals surface area contributed by atoms with Gasteiger partial charge in [0.2, 0.25) is 5.91 Å². The Balaban J connectivity index is 1.23. The number of pyridine rings is 1. The number of benzene rings is 1. The van der Waals surface area contributed by atoms with E-state index >= 15 is 0 Å². The van der Waals surface area contributed by atoms with Gasteiger partial charge in [0.15, 0.2) is 0 Å². The highest BCUT2D eigenvalue weighted by molar-refractivity contribution is 6.30. The van der Waals surface area contributed by atoms with Crippen molar-refractivity contribution in [1.82, 2.24) is 15.2 Å². The highest BCUT2D eigenvalue weighted by atomic mass is 35.5. The zero-order valence-corrected chi connectivity index (χ0v) is 16.9. The summed E-state index contributed by atoms with van der Waals surface area (Å²) < 4.78 is 5.57. The number of hydrogen-bond donors (Lipinski definition) is 2. The van der Waals surface area contributed by atoms with E-state index in [2.05, 4.69) is 28.5 Å². The van der Waals surface area contributed by atoms with Crippen molar-refractivity contribution in [3.05, 3.63) is 58.4 Å². The van der Waals surface area contributed by atoms with Gasteiger partial charge in [-0.25, -0.2) is 0 Å². The van der Waals surface area contributed by atoms with Crippen molar-refractivity contribution in [2.75, 3.05) is 39.3 Å². The Morgan fingerprint density at radius 2 is 2.03 bits per heavy atom. The number of aromatic nitrogens is 1. The maximum absolute atomic E-state index is 12.4. The number of fused-ring (bicyclic) bond motifs is 1. The van der Waals surface area contributed by atoms with Gasteiger partial charge >= 0.3 is 0 Å². The second kappa shape index (κ2) is 8.80. The van der Waals surface area contributed by atoms with Gasteiger partial charge in [-0.15, -0.1) is 0 Å². The number of carbonyl (C=O) groups is 2. The molecular formula is C21H24ClN4O3+. The second-order valence-corrected chi connectivity index (χ2v) is 7.83. The van der Waals surface area contributed by atoms with E-state index in [9.17, 15) is 9.59 Å². The fourth-order valence-corrected chi connectivity index (χ4v) is 3.93. The van der Waals surface area contributed by atoms with Crippen LogP contribution in [-0.2, 0) is 17.8 Å². The van der Waals surface area contributed by atoms with Crippen LogP contribution in [-0.4, -0.2) is 61.0 Å². The first kappa shape index (κ1) is 19.7. The molecule has 2 amide bonds. The van der Waals surface area contributed by atoms with E-state index in [1.54, 1.807) is 6.07 Å². The molecule has 8 heteroatoms. The third-order valence-electron chi connectivity index (χ3n) is 5.39. The molecule has 2 aliphatic heterocycles. The molecular weight excluding hydrogens is 392 g/mol. The Labute approximate surface area is 174 Å². The van der Waals surface area contributed by atoms with E-state index in [4.69, 9.17) is 16.3 Å². The molecule has 2 N–H and O–H groups in total. The Bertz CT molecular complexity index is 913. The topological polar surface area (TPSA) is 76.0 Å². The van der Waals surface area contributed by atoms with E-state index in [1.165, 1.54) is 28.3 Å². The fraction of sp³-hybridized carbons (Fsp3) is 0.381. The van der Waals surface area contributed by atoms with Gasteiger partial charge in [-0.1, -0.05) is 11.6 Å². The number of nitrogens with one attached hydrogen (secondary N) is 2. The Morgan fingerprint density at radius 1 is 1.21 bits per heavy atom. The van der Waals surface area contributed by atoms with Gasteiger partial charge in [-0.2, -0.15) is 0 Å². The van der Waals surface area contributed by atoms with E-state index in [0.717, 1.165) is 38.4 Å². The molecule has 0 saturated carbocycles. The van der Waals surface area contributed by atoms with Crippen molar-refractivity contribution in [2.24, 2.45) is 0 Å². The molecule has 3 heterocycles. The minimum Gasteiger partial charge on any atom is -0.493 e. The highest BCUT2D eigenvalue weighted by Crippen LogP contribution is 2.25. The number of quaternary nitrogens is 1. The van der Waals surface area contributed by atoms with E-state index in [0.29, 0.717) is 18.1 Å². The Kier molecular flexibility index (Phi) is 5.97. The molecule has 1 aromatic carbocycles. The van der Waals surface area contributed by atoms with Crippen LogP contribution in [0.3, 0.4) is 0 Å². The van der Waals surface area contributed by atoms with Gasteiger partial charge in [0.05, 0.1) is 39.3 Å². The largest absolute Gasteiger partial charge is 0.493 e. The SMILES string of the molecule is O=C(NCC(=O)N1CC[NH+](Cc2ccc3c(c2)CCO3)CC1)c1cc(Cl)ccn1. The van der Waals surface area contributed by atoms with Gasteiger partial charge in [0.1, 0.15) is 18.0 Å². The highest BCUT2D eigenvalue weighted by Gasteiger charge is 2.24. The van der Waals surface area contributed by atoms with Gasteiger partial charge in [-0.3, -0.25) is 14.6 Å². The molecule has 0 atom stereocenters. The molecule has 0 unspecified atom stereocenters. The van der Waals surface area contributed by atoms with Crippen LogP contribution in [0, 0.1) is 0 Å². The summed E-state index contributed by atoms with van der Waals surface area (Å²) in [5.41, 5.74) is 2.81. The number of ether oxygens (including phenoxy) is 1. The van der Waals surface area contributed by atoms with Crippen LogP contribution in [0.2, 0.25) is 5.02 Å². The van der Waals surface area contributed by atoms with Crippen molar-refractivity contribution in [1.29, 1.82) is 0 Å². The number of halogens is 1. The zero-order chi connectivity index (χ0) is 20.2. The summed E-state index contributed by atoms with van der Waals surface area (Å²) in [6.45, 7) is 4.85. The van der Waals surface area contributed by atoms with Crippen LogP contribution in [0.5, 0.6) is 5.75 Å². The molecule has 1 fully saturated rings. The standard InChI is InChI=1S/C21H23ClN4O3/c22-17-3-5-23-18(12-17)21(28)24-13-20(27)26-8-6-25(7-9-26)14-15-1-2-19-16(11-15)4-10-29-19/h1-3,5,11-12H,4,6-10,13-14H2,(H,24,28)/p+1. The van der Waals surface area contributed by atoms with E-state index < -0.39 is 5.91 Å². The molecule has 1 saturated heterocycles. The summed E-state index contributed by atoms with van der Waals surface area (Å²) in [6, 6.07) is 9.52. The number of piperazine rings is 1. The first-order valence-corrected chi connectivity index (χ1v) is 10.2. The number of nitrogens with zero attached hydrogens (tertiary/aromatic N) is 2. The molecule has 0 radical (unpaired) electrons. The lowest BCUT2D eigenvalue weighted by molar-refractivity contribution is -0.917. The van der Waals surface area contributed by atoms with E-state index in [1.807, 2.05) is 4.90 Å². The van der Waals surface area contributed by atoms with Gasteiger partial charge < -0.3 is 19.9 Å². The van der Waals surface area contributed by atoms with Crippen molar-refractivity contribution >= 4 is 23.4 Å². The predicted octanol–water partition coefficient (Wildman–Crippen LogP) is 0.327. The average molecular weight is 416 g/mol. The molecule has 2 aliphatic rings. The Hall–Kier alpha value is -2.64. The lowest BCUT2D eigenvalue weighted by atomic mass is 10.1. The van der Waals surface area contributed by atoms with Crippen molar-refractivity contribution in [3.8, 4) is 5.75 Å². The average Bonchev–Trinajstić information content (AvgIpc) is 3.20. The maximum atomic E-state index is 12.4. The van der Waals surface area contributed by atoms with Gasteiger partial charge in [-0.05, 0) is 35.9 Å². The number of amides is 2. The molecule has 152 valence electrons. The lowest BCUT2D eigenvalue weighted by Crippen LogP contribution is -3.13. The number of rotatable bonds is 5. The van der Waals surface area contributed by atoms with Crippen LogP contribution < -0.4 is 15.0 Å². The van der Waals surface area contributed by atoms with Crippen LogP contribution in [0.1, 0.15) is 21.6 Å². The maximum Gasteiger partial charge on any atom is 0.270 e. The molecule has 0 bridgehead atoms. The predicted molar refractivity (Wildman–Crippen MR) is 108 cm³/mol. The van der Waals surface area contributed by atoms with Crippen LogP contribution in [0.15, 0.2) is 36.5 Å². The summed E-state index contributed by atoms with van der Waals surface area (Å²) in [4.78, 5) is 31.8. The summed E-state index contributed by atoms with van der Waals surface area (Å²) >= 11 is 5.87. The molecule has 0 spiro atoms. The van der Waals surface area contributed by atoms with Crippen molar-refractivity contribution in [2.45, 2.75) is 13.0 Å². The molecule has 29 heavy (non-hydrogen) atoms. The van der Waals surface area contributed by atoms with Gasteiger partial charge in [0.25, 0.3) is 5.91 Å². The quantitative estimate of drug-likeness (QED) is 0.737. The van der Waals surface area contributed by atoms with Crippen molar-refractivity contribution < 1.29 is 19.2 Å². The summed E-state index contributed by atoms with van der Waals surface area (Å²) in [5.74, 6) is 0.536.